The zero-order valence-electron chi connectivity index (χ0n) is 12.9. The summed E-state index contributed by atoms with van der Waals surface area (Å²) in [5.74, 6) is 1.79. The molecule has 0 saturated heterocycles. The second-order valence-corrected chi connectivity index (χ2v) is 5.04. The molecule has 7 nitrogen and oxygen atoms in total. The summed E-state index contributed by atoms with van der Waals surface area (Å²) in [6.07, 6.45) is 1.45. The number of aromatic nitrogens is 2. The molecule has 7 heteroatoms. The fraction of sp³-hybridized carbons (Fsp3) is 0.312. The van der Waals surface area contributed by atoms with Gasteiger partial charge in [-0.25, -0.2) is 9.97 Å². The third kappa shape index (κ3) is 3.50. The lowest BCUT2D eigenvalue weighted by Gasteiger charge is -2.17. The Labute approximate surface area is 133 Å². The van der Waals surface area contributed by atoms with Crippen LogP contribution in [0.25, 0.3) is 0 Å². The lowest BCUT2D eigenvalue weighted by molar-refractivity contribution is -0.122. The Hall–Kier alpha value is -2.83. The van der Waals surface area contributed by atoms with Crippen molar-refractivity contribution in [2.24, 2.45) is 0 Å². The van der Waals surface area contributed by atoms with Gasteiger partial charge in [-0.2, -0.15) is 0 Å². The molecule has 2 heterocycles. The van der Waals surface area contributed by atoms with Gasteiger partial charge in [-0.1, -0.05) is 6.92 Å². The number of rotatable bonds is 5. The second-order valence-electron chi connectivity index (χ2n) is 5.04. The van der Waals surface area contributed by atoms with Gasteiger partial charge in [0.25, 0.3) is 5.91 Å². The molecule has 1 aliphatic heterocycles. The van der Waals surface area contributed by atoms with Gasteiger partial charge < -0.3 is 14.2 Å². The van der Waals surface area contributed by atoms with Gasteiger partial charge >= 0.3 is 0 Å². The molecule has 1 aromatic heterocycles. The number of aryl methyl sites for hydroxylation is 1. The average molecular weight is 315 g/mol. The number of nitrogens with one attached hydrogen (secondary N) is 1. The highest BCUT2D eigenvalue weighted by Gasteiger charge is 2.21. The van der Waals surface area contributed by atoms with Crippen LogP contribution in [0.15, 0.2) is 30.5 Å². The van der Waals surface area contributed by atoms with Crippen molar-refractivity contribution in [3.63, 3.8) is 0 Å². The molecule has 0 fully saturated rings. The number of anilines is 1. The molecule has 23 heavy (non-hydrogen) atoms. The predicted molar refractivity (Wildman–Crippen MR) is 82.7 cm³/mol. The molecule has 0 saturated carbocycles. The van der Waals surface area contributed by atoms with Crippen LogP contribution in [0.4, 0.5) is 5.95 Å². The van der Waals surface area contributed by atoms with Gasteiger partial charge in [-0.15, -0.1) is 0 Å². The zero-order chi connectivity index (χ0) is 16.2. The lowest BCUT2D eigenvalue weighted by Crippen LogP contribution is -2.33. The van der Waals surface area contributed by atoms with Crippen LogP contribution in [0.2, 0.25) is 0 Å². The van der Waals surface area contributed by atoms with Crippen LogP contribution in [0.1, 0.15) is 19.0 Å². The maximum atomic E-state index is 12.3. The number of carbonyl (C=O) groups is 1. The molecular weight excluding hydrogens is 298 g/mol. The molecule has 0 bridgehead atoms. The first kappa shape index (κ1) is 15.1. The second kappa shape index (κ2) is 6.51. The van der Waals surface area contributed by atoms with E-state index in [0.717, 1.165) is 5.69 Å². The van der Waals surface area contributed by atoms with Gasteiger partial charge in [0, 0.05) is 18.0 Å². The number of fused-ring (bicyclic) bond motifs is 1. The van der Waals surface area contributed by atoms with E-state index in [1.54, 1.807) is 30.5 Å². The van der Waals surface area contributed by atoms with Crippen LogP contribution in [0.5, 0.6) is 17.2 Å². The van der Waals surface area contributed by atoms with E-state index in [1.807, 2.05) is 13.8 Å². The summed E-state index contributed by atoms with van der Waals surface area (Å²) in [5.41, 5.74) is 0.778. The number of hydrogen-bond donors (Lipinski definition) is 1. The number of hydrogen-bond acceptors (Lipinski definition) is 6. The maximum Gasteiger partial charge on any atom is 0.267 e. The third-order valence-corrected chi connectivity index (χ3v) is 3.32. The van der Waals surface area contributed by atoms with Crippen molar-refractivity contribution < 1.29 is 19.0 Å². The van der Waals surface area contributed by atoms with Gasteiger partial charge in [0.2, 0.25) is 12.7 Å². The molecule has 1 aliphatic rings. The Morgan fingerprint density at radius 1 is 1.35 bits per heavy atom. The van der Waals surface area contributed by atoms with E-state index < -0.39 is 6.10 Å². The van der Waals surface area contributed by atoms with Crippen LogP contribution in [0, 0.1) is 6.92 Å². The van der Waals surface area contributed by atoms with Crippen molar-refractivity contribution in [3.8, 4) is 17.2 Å². The van der Waals surface area contributed by atoms with Crippen LogP contribution < -0.4 is 19.5 Å². The van der Waals surface area contributed by atoms with E-state index in [0.29, 0.717) is 23.7 Å². The van der Waals surface area contributed by atoms with Crippen molar-refractivity contribution in [1.29, 1.82) is 0 Å². The molecule has 1 N–H and O–H groups in total. The van der Waals surface area contributed by atoms with Gasteiger partial charge in [-0.05, 0) is 31.5 Å². The largest absolute Gasteiger partial charge is 0.480 e. The number of ether oxygens (including phenoxy) is 3. The summed E-state index contributed by atoms with van der Waals surface area (Å²) in [6.45, 7) is 3.90. The molecular formula is C16H17N3O4. The summed E-state index contributed by atoms with van der Waals surface area (Å²) < 4.78 is 16.3. The molecule has 1 atom stereocenters. The van der Waals surface area contributed by atoms with Gasteiger partial charge in [0.1, 0.15) is 5.75 Å². The fourth-order valence-electron chi connectivity index (χ4n) is 2.14. The maximum absolute atomic E-state index is 12.3. The highest BCUT2D eigenvalue weighted by Crippen LogP contribution is 2.35. The Balaban J connectivity index is 1.68. The summed E-state index contributed by atoms with van der Waals surface area (Å²) in [7, 11) is 0. The molecule has 1 amide bonds. The molecule has 2 aromatic rings. The number of amides is 1. The van der Waals surface area contributed by atoms with E-state index in [4.69, 9.17) is 14.2 Å². The molecule has 0 aliphatic carbocycles. The van der Waals surface area contributed by atoms with E-state index >= 15 is 0 Å². The highest BCUT2D eigenvalue weighted by atomic mass is 16.7. The monoisotopic (exact) mass is 315 g/mol. The van der Waals surface area contributed by atoms with Crippen molar-refractivity contribution in [2.75, 3.05) is 12.1 Å². The van der Waals surface area contributed by atoms with Crippen LogP contribution in [0.3, 0.4) is 0 Å². The van der Waals surface area contributed by atoms with Crippen molar-refractivity contribution in [1.82, 2.24) is 9.97 Å². The SMILES string of the molecule is CCC(Oc1ccc2c(c1)OCO2)C(=O)Nc1nccc(C)n1. The first-order chi connectivity index (χ1) is 11.2. The quantitative estimate of drug-likeness (QED) is 0.911. The smallest absolute Gasteiger partial charge is 0.267 e. The van der Waals surface area contributed by atoms with Crippen LogP contribution in [-0.2, 0) is 4.79 Å². The molecule has 3 rings (SSSR count). The first-order valence-electron chi connectivity index (χ1n) is 7.32. The molecule has 0 radical (unpaired) electrons. The minimum absolute atomic E-state index is 0.196. The summed E-state index contributed by atoms with van der Waals surface area (Å²) in [4.78, 5) is 20.5. The molecule has 1 unspecified atom stereocenters. The van der Waals surface area contributed by atoms with Crippen LogP contribution in [-0.4, -0.2) is 28.8 Å². The Kier molecular flexibility index (Phi) is 4.27. The fourth-order valence-corrected chi connectivity index (χ4v) is 2.14. The summed E-state index contributed by atoms with van der Waals surface area (Å²) in [6, 6.07) is 6.97. The van der Waals surface area contributed by atoms with Crippen molar-refractivity contribution in [3.05, 3.63) is 36.2 Å². The van der Waals surface area contributed by atoms with Crippen molar-refractivity contribution >= 4 is 11.9 Å². The first-order valence-corrected chi connectivity index (χ1v) is 7.32. The standard InChI is InChI=1S/C16H17N3O4/c1-3-12(15(20)19-16-17-7-6-10(2)18-16)23-11-4-5-13-14(8-11)22-9-21-13/h4-8,12H,3,9H2,1-2H3,(H,17,18,19,20). The van der Waals surface area contributed by atoms with E-state index in [-0.39, 0.29) is 18.6 Å². The normalized spacial score (nSPS) is 13.5. The highest BCUT2D eigenvalue weighted by molar-refractivity contribution is 5.92. The number of nitrogens with zero attached hydrogens (tertiary/aromatic N) is 2. The Bertz CT molecular complexity index is 720. The van der Waals surface area contributed by atoms with E-state index in [1.165, 1.54) is 0 Å². The van der Waals surface area contributed by atoms with Gasteiger partial charge in [0.05, 0.1) is 0 Å². The van der Waals surface area contributed by atoms with Crippen molar-refractivity contribution in [2.45, 2.75) is 26.4 Å². The zero-order valence-corrected chi connectivity index (χ0v) is 12.9. The predicted octanol–water partition coefficient (Wildman–Crippen LogP) is 2.31. The Morgan fingerprint density at radius 3 is 2.96 bits per heavy atom. The molecule has 120 valence electrons. The third-order valence-electron chi connectivity index (χ3n) is 3.32. The van der Waals surface area contributed by atoms with Crippen LogP contribution >= 0.6 is 0 Å². The Morgan fingerprint density at radius 2 is 2.17 bits per heavy atom. The number of carbonyl (C=O) groups excluding carboxylic acids is 1. The minimum Gasteiger partial charge on any atom is -0.480 e. The van der Waals surface area contributed by atoms with E-state index in [2.05, 4.69) is 15.3 Å². The summed E-state index contributed by atoms with van der Waals surface area (Å²) in [5, 5.41) is 2.66. The topological polar surface area (TPSA) is 82.6 Å². The number of benzene rings is 1. The molecule has 0 spiro atoms. The van der Waals surface area contributed by atoms with Gasteiger partial charge in [-0.3, -0.25) is 10.1 Å². The minimum atomic E-state index is -0.653. The van der Waals surface area contributed by atoms with Gasteiger partial charge in [0.15, 0.2) is 17.6 Å². The lowest BCUT2D eigenvalue weighted by atomic mass is 10.2. The van der Waals surface area contributed by atoms with E-state index in [9.17, 15) is 4.79 Å². The summed E-state index contributed by atoms with van der Waals surface area (Å²) >= 11 is 0. The molecule has 1 aromatic carbocycles. The average Bonchev–Trinajstić information content (AvgIpc) is 3.00.